The summed E-state index contributed by atoms with van der Waals surface area (Å²) in [5.74, 6) is -0.586. The Bertz CT molecular complexity index is 374. The Morgan fingerprint density at radius 2 is 2.43 bits per heavy atom. The van der Waals surface area contributed by atoms with Crippen molar-refractivity contribution in [2.24, 2.45) is 0 Å². The van der Waals surface area contributed by atoms with Crippen LogP contribution in [0.5, 0.6) is 0 Å². The lowest BCUT2D eigenvalue weighted by atomic mass is 10.4. The maximum absolute atomic E-state index is 11.1. The van der Waals surface area contributed by atoms with Crippen LogP contribution >= 0.6 is 11.3 Å². The first-order valence-electron chi connectivity index (χ1n) is 3.77. The smallest absolute Gasteiger partial charge is 0.348 e. The average Bonchev–Trinajstić information content (AvgIpc) is 2.48. The number of nitrogens with zero attached hydrogens (tertiary/aromatic N) is 1. The molecule has 1 heterocycles. The second-order valence-corrected chi connectivity index (χ2v) is 3.42. The molecule has 14 heavy (non-hydrogen) atoms. The number of rotatable bonds is 3. The van der Waals surface area contributed by atoms with Crippen LogP contribution < -0.4 is 5.73 Å². The highest BCUT2D eigenvalue weighted by Crippen LogP contribution is 2.31. The molecule has 76 valence electrons. The van der Waals surface area contributed by atoms with E-state index in [4.69, 9.17) is 5.73 Å². The Labute approximate surface area is 83.4 Å². The maximum atomic E-state index is 11.1. The van der Waals surface area contributed by atoms with Crippen LogP contribution in [-0.2, 0) is 4.74 Å². The van der Waals surface area contributed by atoms with E-state index in [1.54, 1.807) is 6.92 Å². The van der Waals surface area contributed by atoms with Crippen molar-refractivity contribution in [1.82, 2.24) is 0 Å². The number of hydrogen-bond donors (Lipinski definition) is 1. The lowest BCUT2D eigenvalue weighted by Crippen LogP contribution is -2.01. The van der Waals surface area contributed by atoms with Crippen LogP contribution in [0.25, 0.3) is 0 Å². The van der Waals surface area contributed by atoms with Gasteiger partial charge in [0.25, 0.3) is 0 Å². The van der Waals surface area contributed by atoms with Crippen molar-refractivity contribution in [3.8, 4) is 0 Å². The van der Waals surface area contributed by atoms with Gasteiger partial charge in [0.05, 0.1) is 11.5 Å². The third-order valence-corrected chi connectivity index (χ3v) is 2.35. The molecular weight excluding hydrogens is 208 g/mol. The molecule has 0 unspecified atom stereocenters. The number of nitrogens with two attached hydrogens (primary N) is 1. The van der Waals surface area contributed by atoms with E-state index in [-0.39, 0.29) is 22.2 Å². The highest BCUT2D eigenvalue weighted by Gasteiger charge is 2.20. The fraction of sp³-hybridized carbons (Fsp3) is 0.286. The molecule has 6 nitrogen and oxygen atoms in total. The van der Waals surface area contributed by atoms with Crippen molar-refractivity contribution in [1.29, 1.82) is 0 Å². The van der Waals surface area contributed by atoms with Crippen molar-refractivity contribution in [2.75, 3.05) is 12.3 Å². The molecule has 0 aliphatic carbocycles. The third-order valence-electron chi connectivity index (χ3n) is 1.41. The van der Waals surface area contributed by atoms with E-state index in [9.17, 15) is 14.9 Å². The number of ether oxygens (including phenoxy) is 1. The summed E-state index contributed by atoms with van der Waals surface area (Å²) < 4.78 is 4.67. The molecule has 0 aliphatic rings. The minimum Gasteiger partial charge on any atom is -0.462 e. The summed E-state index contributed by atoms with van der Waals surface area (Å²) in [5, 5.41) is 10.4. The van der Waals surface area contributed by atoms with Gasteiger partial charge in [0, 0.05) is 6.07 Å². The molecule has 2 N–H and O–H groups in total. The quantitative estimate of drug-likeness (QED) is 0.468. The van der Waals surface area contributed by atoms with E-state index in [2.05, 4.69) is 4.74 Å². The van der Waals surface area contributed by atoms with E-state index < -0.39 is 10.9 Å². The summed E-state index contributed by atoms with van der Waals surface area (Å²) in [4.78, 5) is 21.1. The average molecular weight is 216 g/mol. The Kier molecular flexibility index (Phi) is 3.03. The fourth-order valence-corrected chi connectivity index (χ4v) is 1.63. The van der Waals surface area contributed by atoms with E-state index in [0.29, 0.717) is 0 Å². The first-order valence-corrected chi connectivity index (χ1v) is 4.58. The van der Waals surface area contributed by atoms with Crippen LogP contribution in [0.1, 0.15) is 16.6 Å². The fourth-order valence-electron chi connectivity index (χ4n) is 0.841. The van der Waals surface area contributed by atoms with Crippen LogP contribution in [-0.4, -0.2) is 17.5 Å². The van der Waals surface area contributed by atoms with Gasteiger partial charge in [-0.25, -0.2) is 4.79 Å². The molecule has 0 amide bonds. The predicted molar refractivity (Wildman–Crippen MR) is 51.3 cm³/mol. The Morgan fingerprint density at radius 3 is 2.86 bits per heavy atom. The molecule has 1 aromatic rings. The standard InChI is InChI=1S/C7H8N2O4S/c1-2-13-7(10)5-3-4(9(11)12)6(8)14-5/h3H,2,8H2,1H3. The number of hydrogen-bond acceptors (Lipinski definition) is 6. The lowest BCUT2D eigenvalue weighted by Gasteiger charge is -1.95. The summed E-state index contributed by atoms with van der Waals surface area (Å²) in [6.45, 7) is 1.88. The largest absolute Gasteiger partial charge is 0.462 e. The van der Waals surface area contributed by atoms with Gasteiger partial charge < -0.3 is 10.5 Å². The monoisotopic (exact) mass is 216 g/mol. The molecule has 0 spiro atoms. The number of esters is 1. The molecule has 0 saturated carbocycles. The van der Waals surface area contributed by atoms with Crippen molar-refractivity contribution in [3.05, 3.63) is 21.1 Å². The number of anilines is 1. The second kappa shape index (κ2) is 4.05. The van der Waals surface area contributed by atoms with Gasteiger partial charge in [-0.15, -0.1) is 11.3 Å². The summed E-state index contributed by atoms with van der Waals surface area (Å²) in [6, 6.07) is 1.12. The number of carbonyl (C=O) groups excluding carboxylic acids is 1. The van der Waals surface area contributed by atoms with Gasteiger partial charge in [-0.05, 0) is 6.92 Å². The molecule has 0 aromatic carbocycles. The number of nitro groups is 1. The molecule has 0 fully saturated rings. The van der Waals surface area contributed by atoms with E-state index in [1.807, 2.05) is 0 Å². The molecule has 1 rings (SSSR count). The highest BCUT2D eigenvalue weighted by molar-refractivity contribution is 7.18. The zero-order valence-electron chi connectivity index (χ0n) is 7.35. The molecular formula is C7H8N2O4S. The van der Waals surface area contributed by atoms with E-state index in [1.165, 1.54) is 0 Å². The first kappa shape index (κ1) is 10.5. The van der Waals surface area contributed by atoms with Crippen LogP contribution in [0.3, 0.4) is 0 Å². The molecule has 0 radical (unpaired) electrons. The highest BCUT2D eigenvalue weighted by atomic mass is 32.1. The summed E-state index contributed by atoms with van der Waals surface area (Å²) in [7, 11) is 0. The van der Waals surface area contributed by atoms with Crippen molar-refractivity contribution >= 4 is 28.0 Å². The Balaban J connectivity index is 2.96. The molecule has 0 bridgehead atoms. The van der Waals surface area contributed by atoms with Crippen LogP contribution in [0.2, 0.25) is 0 Å². The van der Waals surface area contributed by atoms with Crippen LogP contribution in [0, 0.1) is 10.1 Å². The van der Waals surface area contributed by atoms with Gasteiger partial charge in [-0.1, -0.05) is 0 Å². The normalized spacial score (nSPS) is 9.79. The second-order valence-electron chi connectivity index (χ2n) is 2.34. The van der Waals surface area contributed by atoms with Gasteiger partial charge in [0.1, 0.15) is 4.88 Å². The van der Waals surface area contributed by atoms with Gasteiger partial charge in [0.15, 0.2) is 5.00 Å². The lowest BCUT2D eigenvalue weighted by molar-refractivity contribution is -0.383. The summed E-state index contributed by atoms with van der Waals surface area (Å²) in [6.07, 6.45) is 0. The first-order chi connectivity index (χ1) is 6.56. The SMILES string of the molecule is CCOC(=O)c1cc([N+](=O)[O-])c(N)s1. The minimum atomic E-state index is -0.630. The Morgan fingerprint density at radius 1 is 1.79 bits per heavy atom. The van der Waals surface area contributed by atoms with Crippen molar-refractivity contribution in [3.63, 3.8) is 0 Å². The number of carbonyl (C=O) groups is 1. The topological polar surface area (TPSA) is 95.5 Å². The maximum Gasteiger partial charge on any atom is 0.348 e. The van der Waals surface area contributed by atoms with E-state index >= 15 is 0 Å². The minimum absolute atomic E-state index is 0.0121. The zero-order valence-corrected chi connectivity index (χ0v) is 8.17. The van der Waals surface area contributed by atoms with Gasteiger partial charge in [-0.2, -0.15) is 0 Å². The van der Waals surface area contributed by atoms with Gasteiger partial charge in [0.2, 0.25) is 0 Å². The molecule has 1 aromatic heterocycles. The summed E-state index contributed by atoms with van der Waals surface area (Å²) in [5.41, 5.74) is 5.09. The van der Waals surface area contributed by atoms with Crippen molar-refractivity contribution in [2.45, 2.75) is 6.92 Å². The van der Waals surface area contributed by atoms with E-state index in [0.717, 1.165) is 17.4 Å². The Hall–Kier alpha value is -1.63. The summed E-state index contributed by atoms with van der Waals surface area (Å²) >= 11 is 0.852. The van der Waals surface area contributed by atoms with Crippen LogP contribution in [0.4, 0.5) is 10.7 Å². The predicted octanol–water partition coefficient (Wildman–Crippen LogP) is 1.42. The van der Waals surface area contributed by atoms with Crippen molar-refractivity contribution < 1.29 is 14.5 Å². The van der Waals surface area contributed by atoms with Gasteiger partial charge >= 0.3 is 11.7 Å². The zero-order chi connectivity index (χ0) is 10.7. The number of nitrogen functional groups attached to an aromatic ring is 1. The number of thiophene rings is 1. The molecule has 7 heteroatoms. The third kappa shape index (κ3) is 1.99. The molecule has 0 aliphatic heterocycles. The molecule has 0 saturated heterocycles. The van der Waals surface area contributed by atoms with Crippen LogP contribution in [0.15, 0.2) is 6.07 Å². The van der Waals surface area contributed by atoms with Gasteiger partial charge in [-0.3, -0.25) is 10.1 Å². The molecule has 0 atom stereocenters.